The summed E-state index contributed by atoms with van der Waals surface area (Å²) in [6.45, 7) is 0. The summed E-state index contributed by atoms with van der Waals surface area (Å²) < 4.78 is 0. The molecule has 4 aromatic rings. The van der Waals surface area contributed by atoms with Crippen molar-refractivity contribution in [2.24, 2.45) is 0 Å². The Kier molecular flexibility index (Phi) is 3.85. The number of pyridine rings is 1. The quantitative estimate of drug-likeness (QED) is 0.389. The number of aromatic hydroxyl groups is 2. The van der Waals surface area contributed by atoms with E-state index in [-0.39, 0.29) is 11.5 Å². The zero-order valence-electron chi connectivity index (χ0n) is 14.9. The Balaban J connectivity index is 1.81. The van der Waals surface area contributed by atoms with Crippen molar-refractivity contribution in [2.45, 2.75) is 6.42 Å². The molecule has 0 radical (unpaired) electrons. The fourth-order valence-electron chi connectivity index (χ4n) is 3.84. The van der Waals surface area contributed by atoms with E-state index in [1.807, 2.05) is 54.6 Å². The van der Waals surface area contributed by atoms with Crippen molar-refractivity contribution in [3.63, 3.8) is 0 Å². The maximum Gasteiger partial charge on any atom is 0.119 e. The fraction of sp³-hybridized carbons (Fsp3) is 0.0417. The third kappa shape index (κ3) is 2.63. The molecule has 0 aliphatic heterocycles. The Hall–Kier alpha value is -3.30. The van der Waals surface area contributed by atoms with Gasteiger partial charge in [-0.2, -0.15) is 0 Å². The molecule has 3 nitrogen and oxygen atoms in total. The zero-order chi connectivity index (χ0) is 19.3. The fourth-order valence-corrected chi connectivity index (χ4v) is 4.07. The molecule has 5 rings (SSSR count). The normalized spacial score (nSPS) is 11.9. The van der Waals surface area contributed by atoms with Crippen LogP contribution >= 0.6 is 11.6 Å². The maximum absolute atomic E-state index is 10.3. The van der Waals surface area contributed by atoms with Gasteiger partial charge in [0.25, 0.3) is 0 Å². The average molecular weight is 386 g/mol. The Bertz CT molecular complexity index is 1220. The Morgan fingerprint density at radius 3 is 2.29 bits per heavy atom. The van der Waals surface area contributed by atoms with Crippen LogP contribution in [0.2, 0.25) is 5.02 Å². The van der Waals surface area contributed by atoms with Crippen LogP contribution < -0.4 is 0 Å². The number of halogens is 1. The second-order valence-electron chi connectivity index (χ2n) is 6.89. The van der Waals surface area contributed by atoms with Gasteiger partial charge in [0.2, 0.25) is 0 Å². The largest absolute Gasteiger partial charge is 0.508 e. The Labute approximate surface area is 167 Å². The topological polar surface area (TPSA) is 53.4 Å². The van der Waals surface area contributed by atoms with E-state index < -0.39 is 0 Å². The van der Waals surface area contributed by atoms with E-state index in [0.717, 1.165) is 44.8 Å². The van der Waals surface area contributed by atoms with Crippen LogP contribution in [0.4, 0.5) is 0 Å². The standard InChI is InChI=1S/C24H16ClNO2/c25-21-6-2-1-4-17(21)22-13-18(14-8-10-15(27)11-9-14)20-12-19-16(24(20)26-22)5-3-7-23(19)28/h1-11,13,27-28H,12H2. The zero-order valence-corrected chi connectivity index (χ0v) is 15.6. The van der Waals surface area contributed by atoms with Gasteiger partial charge >= 0.3 is 0 Å². The number of benzene rings is 3. The smallest absolute Gasteiger partial charge is 0.119 e. The lowest BCUT2D eigenvalue weighted by Gasteiger charge is -2.13. The van der Waals surface area contributed by atoms with Crippen LogP contribution in [0.3, 0.4) is 0 Å². The minimum absolute atomic E-state index is 0.224. The minimum Gasteiger partial charge on any atom is -0.508 e. The summed E-state index contributed by atoms with van der Waals surface area (Å²) in [5, 5.41) is 20.7. The number of fused-ring (bicyclic) bond motifs is 3. The van der Waals surface area contributed by atoms with E-state index >= 15 is 0 Å². The predicted octanol–water partition coefficient (Wildman–Crippen LogP) is 6.05. The first-order valence-corrected chi connectivity index (χ1v) is 9.39. The maximum atomic E-state index is 10.3. The van der Waals surface area contributed by atoms with Crippen molar-refractivity contribution in [3.8, 4) is 45.1 Å². The molecule has 0 saturated heterocycles. The number of hydrogen-bond donors (Lipinski definition) is 2. The van der Waals surface area contributed by atoms with Gasteiger partial charge in [0.05, 0.1) is 11.4 Å². The van der Waals surface area contributed by atoms with Gasteiger partial charge in [0.15, 0.2) is 0 Å². The molecular weight excluding hydrogens is 370 g/mol. The molecule has 4 heteroatoms. The Morgan fingerprint density at radius 1 is 0.750 bits per heavy atom. The summed E-state index contributed by atoms with van der Waals surface area (Å²) in [5.41, 5.74) is 7.42. The van der Waals surface area contributed by atoms with Crippen molar-refractivity contribution < 1.29 is 10.2 Å². The number of rotatable bonds is 2. The molecular formula is C24H16ClNO2. The number of phenolic OH excluding ortho intramolecular Hbond substituents is 2. The first-order valence-electron chi connectivity index (χ1n) is 9.01. The van der Waals surface area contributed by atoms with Gasteiger partial charge in [0.1, 0.15) is 11.5 Å². The molecule has 0 bridgehead atoms. The van der Waals surface area contributed by atoms with Crippen molar-refractivity contribution in [3.05, 3.63) is 88.9 Å². The molecule has 0 unspecified atom stereocenters. The van der Waals surface area contributed by atoms with E-state index in [1.165, 1.54) is 0 Å². The molecule has 28 heavy (non-hydrogen) atoms. The monoisotopic (exact) mass is 385 g/mol. The van der Waals surface area contributed by atoms with Crippen molar-refractivity contribution in [1.29, 1.82) is 0 Å². The van der Waals surface area contributed by atoms with Crippen molar-refractivity contribution in [2.75, 3.05) is 0 Å². The lowest BCUT2D eigenvalue weighted by molar-refractivity contribution is 0.470. The van der Waals surface area contributed by atoms with Crippen LogP contribution in [0.25, 0.3) is 33.6 Å². The van der Waals surface area contributed by atoms with E-state index in [1.54, 1.807) is 18.2 Å². The number of hydrogen-bond acceptors (Lipinski definition) is 3. The highest BCUT2D eigenvalue weighted by Crippen LogP contribution is 2.45. The highest BCUT2D eigenvalue weighted by molar-refractivity contribution is 6.33. The Morgan fingerprint density at radius 2 is 1.50 bits per heavy atom. The van der Waals surface area contributed by atoms with E-state index in [4.69, 9.17) is 16.6 Å². The molecule has 2 N–H and O–H groups in total. The van der Waals surface area contributed by atoms with Gasteiger partial charge in [-0.25, -0.2) is 4.98 Å². The van der Waals surface area contributed by atoms with Crippen LogP contribution in [0, 0.1) is 0 Å². The second-order valence-corrected chi connectivity index (χ2v) is 7.30. The molecule has 1 heterocycles. The SMILES string of the molecule is Oc1ccc(-c2cc(-c3ccccc3Cl)nc3c2Cc2c(O)cccc2-3)cc1. The van der Waals surface area contributed by atoms with Crippen LogP contribution in [0.1, 0.15) is 11.1 Å². The molecule has 3 aromatic carbocycles. The number of phenols is 2. The number of nitrogens with zero attached hydrogens (tertiary/aromatic N) is 1. The average Bonchev–Trinajstić information content (AvgIpc) is 3.09. The summed E-state index contributed by atoms with van der Waals surface area (Å²) in [4.78, 5) is 4.93. The van der Waals surface area contributed by atoms with Gasteiger partial charge in [-0.15, -0.1) is 0 Å². The van der Waals surface area contributed by atoms with E-state index in [0.29, 0.717) is 11.4 Å². The second kappa shape index (κ2) is 6.39. The molecule has 0 fully saturated rings. The molecule has 1 aliphatic rings. The summed E-state index contributed by atoms with van der Waals surface area (Å²) in [6.07, 6.45) is 0.614. The van der Waals surface area contributed by atoms with Crippen molar-refractivity contribution in [1.82, 2.24) is 4.98 Å². The minimum atomic E-state index is 0.224. The predicted molar refractivity (Wildman–Crippen MR) is 112 cm³/mol. The highest BCUT2D eigenvalue weighted by Gasteiger charge is 2.27. The van der Waals surface area contributed by atoms with Gasteiger partial charge in [-0.3, -0.25) is 0 Å². The molecule has 136 valence electrons. The van der Waals surface area contributed by atoms with E-state index in [2.05, 4.69) is 0 Å². The van der Waals surface area contributed by atoms with Crippen LogP contribution in [0.5, 0.6) is 11.5 Å². The number of aromatic nitrogens is 1. The third-order valence-corrected chi connectivity index (χ3v) is 5.54. The van der Waals surface area contributed by atoms with Crippen LogP contribution in [-0.2, 0) is 6.42 Å². The summed E-state index contributed by atoms with van der Waals surface area (Å²) in [6, 6.07) is 22.4. The molecule has 0 atom stereocenters. The van der Waals surface area contributed by atoms with Crippen LogP contribution in [0.15, 0.2) is 72.8 Å². The molecule has 0 saturated carbocycles. The molecule has 0 spiro atoms. The van der Waals surface area contributed by atoms with Gasteiger partial charge in [-0.05, 0) is 47.0 Å². The van der Waals surface area contributed by atoms with E-state index in [9.17, 15) is 10.2 Å². The first-order chi connectivity index (χ1) is 13.6. The molecule has 1 aliphatic carbocycles. The lowest BCUT2D eigenvalue weighted by atomic mass is 9.96. The summed E-state index contributed by atoms with van der Waals surface area (Å²) >= 11 is 6.44. The van der Waals surface area contributed by atoms with Gasteiger partial charge in [-0.1, -0.05) is 54.1 Å². The summed E-state index contributed by atoms with van der Waals surface area (Å²) in [7, 11) is 0. The van der Waals surface area contributed by atoms with Gasteiger partial charge < -0.3 is 10.2 Å². The molecule has 0 amide bonds. The third-order valence-electron chi connectivity index (χ3n) is 5.21. The highest BCUT2D eigenvalue weighted by atomic mass is 35.5. The van der Waals surface area contributed by atoms with Crippen LogP contribution in [-0.4, -0.2) is 15.2 Å². The van der Waals surface area contributed by atoms with Crippen molar-refractivity contribution >= 4 is 11.6 Å². The van der Waals surface area contributed by atoms with Gasteiger partial charge in [0, 0.05) is 28.1 Å². The summed E-state index contributed by atoms with van der Waals surface area (Å²) in [5.74, 6) is 0.508. The molecule has 1 aromatic heterocycles. The first kappa shape index (κ1) is 16.8. The lowest BCUT2D eigenvalue weighted by Crippen LogP contribution is -1.95.